The standard InChI is InChI=1S/C14H19N3O4/c1-10-7-12(17(20)21)8-15-14(10)16-6-2-3-11(9-16)4-5-13(18)19/h7-8,11H,2-6,9H2,1H3,(H,18,19). The molecule has 1 atom stereocenters. The third-order valence-electron chi connectivity index (χ3n) is 3.83. The van der Waals surface area contributed by atoms with Gasteiger partial charge in [-0.25, -0.2) is 4.98 Å². The molecule has 0 bridgehead atoms. The molecular formula is C14H19N3O4. The summed E-state index contributed by atoms with van der Waals surface area (Å²) in [6.45, 7) is 3.43. The highest BCUT2D eigenvalue weighted by Crippen LogP contribution is 2.28. The highest BCUT2D eigenvalue weighted by molar-refractivity contribution is 5.66. The number of pyridine rings is 1. The van der Waals surface area contributed by atoms with Crippen LogP contribution >= 0.6 is 0 Å². The van der Waals surface area contributed by atoms with Gasteiger partial charge in [0.1, 0.15) is 12.0 Å². The number of carbonyl (C=O) groups is 1. The fraction of sp³-hybridized carbons (Fsp3) is 0.571. The minimum absolute atomic E-state index is 0.00399. The van der Waals surface area contributed by atoms with Crippen LogP contribution in [0.3, 0.4) is 0 Å². The molecule has 2 heterocycles. The second kappa shape index (κ2) is 6.51. The summed E-state index contributed by atoms with van der Waals surface area (Å²) in [5.74, 6) is 0.337. The number of aryl methyl sites for hydroxylation is 1. The van der Waals surface area contributed by atoms with Gasteiger partial charge in [0.2, 0.25) is 0 Å². The predicted molar refractivity (Wildman–Crippen MR) is 77.4 cm³/mol. The molecule has 1 aromatic rings. The topological polar surface area (TPSA) is 96.6 Å². The minimum Gasteiger partial charge on any atom is -0.481 e. The van der Waals surface area contributed by atoms with Gasteiger partial charge < -0.3 is 10.0 Å². The van der Waals surface area contributed by atoms with E-state index in [4.69, 9.17) is 5.11 Å². The maximum absolute atomic E-state index is 10.7. The lowest BCUT2D eigenvalue weighted by Gasteiger charge is -2.34. The molecule has 21 heavy (non-hydrogen) atoms. The summed E-state index contributed by atoms with van der Waals surface area (Å²) in [6.07, 6.45) is 4.14. The molecule has 1 N–H and O–H groups in total. The molecule has 2 rings (SSSR count). The number of anilines is 1. The van der Waals surface area contributed by atoms with Crippen LogP contribution in [0, 0.1) is 23.0 Å². The van der Waals surface area contributed by atoms with Gasteiger partial charge in [-0.2, -0.15) is 0 Å². The molecule has 0 amide bonds. The van der Waals surface area contributed by atoms with E-state index in [2.05, 4.69) is 9.88 Å². The van der Waals surface area contributed by atoms with Crippen molar-refractivity contribution in [2.45, 2.75) is 32.6 Å². The molecule has 1 unspecified atom stereocenters. The predicted octanol–water partition coefficient (Wildman–Crippen LogP) is 2.38. The van der Waals surface area contributed by atoms with E-state index in [9.17, 15) is 14.9 Å². The molecule has 7 nitrogen and oxygen atoms in total. The summed E-state index contributed by atoms with van der Waals surface area (Å²) < 4.78 is 0. The molecule has 0 saturated carbocycles. The SMILES string of the molecule is Cc1cc([N+](=O)[O-])cnc1N1CCCC(CCC(=O)O)C1. The molecule has 1 fully saturated rings. The smallest absolute Gasteiger partial charge is 0.303 e. The highest BCUT2D eigenvalue weighted by atomic mass is 16.6. The number of piperidine rings is 1. The van der Waals surface area contributed by atoms with Crippen molar-refractivity contribution < 1.29 is 14.8 Å². The van der Waals surface area contributed by atoms with E-state index in [0.717, 1.165) is 37.3 Å². The van der Waals surface area contributed by atoms with Gasteiger partial charge in [0.15, 0.2) is 0 Å². The number of nitro groups is 1. The van der Waals surface area contributed by atoms with Crippen molar-refractivity contribution in [2.24, 2.45) is 5.92 Å². The van der Waals surface area contributed by atoms with E-state index in [1.165, 1.54) is 12.3 Å². The van der Waals surface area contributed by atoms with Crippen LogP contribution in [0.15, 0.2) is 12.3 Å². The van der Waals surface area contributed by atoms with Gasteiger partial charge in [0.25, 0.3) is 5.69 Å². The third kappa shape index (κ3) is 3.90. The first kappa shape index (κ1) is 15.2. The van der Waals surface area contributed by atoms with E-state index in [0.29, 0.717) is 12.3 Å². The number of aromatic nitrogens is 1. The van der Waals surface area contributed by atoms with Gasteiger partial charge in [-0.3, -0.25) is 14.9 Å². The fourth-order valence-corrected chi connectivity index (χ4v) is 2.80. The number of carboxylic acids is 1. The Morgan fingerprint density at radius 1 is 1.62 bits per heavy atom. The number of carboxylic acid groups (broad SMARTS) is 1. The van der Waals surface area contributed by atoms with E-state index < -0.39 is 10.9 Å². The second-order valence-electron chi connectivity index (χ2n) is 5.48. The highest BCUT2D eigenvalue weighted by Gasteiger charge is 2.23. The van der Waals surface area contributed by atoms with E-state index in [1.54, 1.807) is 0 Å². The zero-order valence-corrected chi connectivity index (χ0v) is 12.0. The quantitative estimate of drug-likeness (QED) is 0.661. The number of aliphatic carboxylic acids is 1. The lowest BCUT2D eigenvalue weighted by atomic mass is 9.93. The Bertz CT molecular complexity index is 547. The molecule has 0 spiro atoms. The zero-order chi connectivity index (χ0) is 15.4. The van der Waals surface area contributed by atoms with E-state index in [-0.39, 0.29) is 12.1 Å². The zero-order valence-electron chi connectivity index (χ0n) is 12.0. The number of hydrogen-bond donors (Lipinski definition) is 1. The molecule has 1 aromatic heterocycles. The van der Waals surface area contributed by atoms with Crippen LogP contribution in [-0.4, -0.2) is 34.1 Å². The Morgan fingerprint density at radius 2 is 2.38 bits per heavy atom. The number of hydrogen-bond acceptors (Lipinski definition) is 5. The molecule has 114 valence electrons. The molecule has 0 aromatic carbocycles. The van der Waals surface area contributed by atoms with Gasteiger partial charge in [-0.1, -0.05) is 0 Å². The Kier molecular flexibility index (Phi) is 4.72. The molecule has 1 aliphatic heterocycles. The fourth-order valence-electron chi connectivity index (χ4n) is 2.80. The Hall–Kier alpha value is -2.18. The first-order valence-corrected chi connectivity index (χ1v) is 7.05. The van der Waals surface area contributed by atoms with Crippen LogP contribution in [0.1, 0.15) is 31.2 Å². The Morgan fingerprint density at radius 3 is 3.00 bits per heavy atom. The number of nitrogens with zero attached hydrogens (tertiary/aromatic N) is 3. The molecule has 0 aliphatic carbocycles. The normalized spacial score (nSPS) is 18.5. The minimum atomic E-state index is -0.767. The average molecular weight is 293 g/mol. The monoisotopic (exact) mass is 293 g/mol. The second-order valence-corrected chi connectivity index (χ2v) is 5.48. The summed E-state index contributed by atoms with van der Waals surface area (Å²) in [7, 11) is 0. The molecule has 1 aliphatic rings. The van der Waals surface area contributed by atoms with Crippen molar-refractivity contribution in [3.05, 3.63) is 27.9 Å². The van der Waals surface area contributed by atoms with Crippen LogP contribution < -0.4 is 4.90 Å². The average Bonchev–Trinajstić information content (AvgIpc) is 2.45. The molecule has 7 heteroatoms. The largest absolute Gasteiger partial charge is 0.481 e. The van der Waals surface area contributed by atoms with E-state index in [1.807, 2.05) is 6.92 Å². The Labute approximate surface area is 122 Å². The van der Waals surface area contributed by atoms with Crippen LogP contribution in [0.5, 0.6) is 0 Å². The summed E-state index contributed by atoms with van der Waals surface area (Å²) in [4.78, 5) is 27.3. The molecule has 1 saturated heterocycles. The van der Waals surface area contributed by atoms with Crippen LogP contribution in [-0.2, 0) is 4.79 Å². The van der Waals surface area contributed by atoms with E-state index >= 15 is 0 Å². The van der Waals surface area contributed by atoms with Crippen molar-refractivity contribution in [1.29, 1.82) is 0 Å². The first-order chi connectivity index (χ1) is 9.97. The van der Waals surface area contributed by atoms with Gasteiger partial charge in [0.05, 0.1) is 4.92 Å². The molecule has 0 radical (unpaired) electrons. The lowest BCUT2D eigenvalue weighted by molar-refractivity contribution is -0.385. The molecular weight excluding hydrogens is 274 g/mol. The summed E-state index contributed by atoms with van der Waals surface area (Å²) in [5, 5.41) is 19.5. The number of rotatable bonds is 5. The van der Waals surface area contributed by atoms with Crippen LogP contribution in [0.25, 0.3) is 0 Å². The van der Waals surface area contributed by atoms with Gasteiger partial charge >= 0.3 is 5.97 Å². The van der Waals surface area contributed by atoms with Gasteiger partial charge in [0, 0.05) is 25.6 Å². The third-order valence-corrected chi connectivity index (χ3v) is 3.83. The summed E-state index contributed by atoms with van der Waals surface area (Å²) >= 11 is 0. The van der Waals surface area contributed by atoms with Crippen molar-refractivity contribution in [2.75, 3.05) is 18.0 Å². The van der Waals surface area contributed by atoms with Crippen molar-refractivity contribution in [1.82, 2.24) is 4.98 Å². The van der Waals surface area contributed by atoms with Gasteiger partial charge in [-0.05, 0) is 37.7 Å². The van der Waals surface area contributed by atoms with Gasteiger partial charge in [-0.15, -0.1) is 0 Å². The summed E-state index contributed by atoms with van der Waals surface area (Å²) in [6, 6.07) is 1.53. The van der Waals surface area contributed by atoms with Crippen molar-refractivity contribution in [3.63, 3.8) is 0 Å². The van der Waals surface area contributed by atoms with Crippen molar-refractivity contribution >= 4 is 17.5 Å². The van der Waals surface area contributed by atoms with Crippen LogP contribution in [0.4, 0.5) is 11.5 Å². The maximum Gasteiger partial charge on any atom is 0.303 e. The Balaban J connectivity index is 2.07. The summed E-state index contributed by atoms with van der Waals surface area (Å²) in [5.41, 5.74) is 0.777. The van der Waals surface area contributed by atoms with Crippen molar-refractivity contribution in [3.8, 4) is 0 Å². The lowest BCUT2D eigenvalue weighted by Crippen LogP contribution is -2.36. The first-order valence-electron chi connectivity index (χ1n) is 7.05. The van der Waals surface area contributed by atoms with Crippen LogP contribution in [0.2, 0.25) is 0 Å². The maximum atomic E-state index is 10.7.